The number of rotatable bonds is 12. The van der Waals surface area contributed by atoms with Crippen LogP contribution in [-0.4, -0.2) is 12.6 Å². The van der Waals surface area contributed by atoms with Crippen molar-refractivity contribution in [3.8, 4) is 0 Å². The molecule has 27 heavy (non-hydrogen) atoms. The Labute approximate surface area is 178 Å². The van der Waals surface area contributed by atoms with Crippen molar-refractivity contribution < 1.29 is 0 Å². The van der Waals surface area contributed by atoms with Crippen LogP contribution >= 0.6 is 24.8 Å². The number of benzene rings is 2. The Morgan fingerprint density at radius 1 is 0.778 bits per heavy atom. The fraction of sp³-hybridized carbons (Fsp3) is 0.478. The van der Waals surface area contributed by atoms with Gasteiger partial charge in [-0.15, -0.1) is 24.8 Å². The standard InChI is InChI=1S/C23H34N2.2ClH/c1-3-4-5-7-11-20(2)25-23-17-15-22(16-18-23)24-19-10-14-21-12-8-6-9-13-21;;/h6,8-9,12-13,15-18,20,24-25H,3-5,7,10-11,14,19H2,1-2H3;2*1H. The molecule has 2 nitrogen and oxygen atoms in total. The van der Waals surface area contributed by atoms with Gasteiger partial charge in [0.15, 0.2) is 0 Å². The summed E-state index contributed by atoms with van der Waals surface area (Å²) in [4.78, 5) is 0. The Bertz CT molecular complexity index is 573. The van der Waals surface area contributed by atoms with Gasteiger partial charge in [-0.2, -0.15) is 0 Å². The van der Waals surface area contributed by atoms with Crippen LogP contribution in [-0.2, 0) is 6.42 Å². The van der Waals surface area contributed by atoms with Crippen LogP contribution in [0.5, 0.6) is 0 Å². The first-order chi connectivity index (χ1) is 12.3. The molecule has 0 aliphatic rings. The van der Waals surface area contributed by atoms with Crippen molar-refractivity contribution in [2.75, 3.05) is 17.2 Å². The lowest BCUT2D eigenvalue weighted by atomic mass is 10.1. The van der Waals surface area contributed by atoms with Gasteiger partial charge in [0, 0.05) is 24.0 Å². The van der Waals surface area contributed by atoms with Crippen LogP contribution in [0.1, 0.15) is 57.9 Å². The second-order valence-corrected chi connectivity index (χ2v) is 6.99. The fourth-order valence-corrected chi connectivity index (χ4v) is 3.09. The molecule has 152 valence electrons. The minimum Gasteiger partial charge on any atom is -0.385 e. The number of nitrogens with one attached hydrogen (secondary N) is 2. The molecule has 2 aromatic rings. The molecule has 0 heterocycles. The molecule has 1 unspecified atom stereocenters. The Balaban J connectivity index is 0.00000338. The lowest BCUT2D eigenvalue weighted by molar-refractivity contribution is 0.594. The molecule has 0 amide bonds. The molecule has 0 fully saturated rings. The topological polar surface area (TPSA) is 24.1 Å². The van der Waals surface area contributed by atoms with Crippen molar-refractivity contribution in [3.05, 3.63) is 60.2 Å². The second kappa shape index (κ2) is 15.7. The molecular weight excluding hydrogens is 375 g/mol. The first-order valence-corrected chi connectivity index (χ1v) is 9.92. The van der Waals surface area contributed by atoms with Gasteiger partial charge in [-0.3, -0.25) is 0 Å². The quantitative estimate of drug-likeness (QED) is 0.357. The third-order valence-electron chi connectivity index (χ3n) is 4.60. The van der Waals surface area contributed by atoms with Crippen LogP contribution in [0, 0.1) is 0 Å². The highest BCUT2D eigenvalue weighted by Crippen LogP contribution is 2.16. The number of halogens is 2. The maximum Gasteiger partial charge on any atom is 0.0343 e. The average Bonchev–Trinajstić information content (AvgIpc) is 2.65. The van der Waals surface area contributed by atoms with Gasteiger partial charge in [-0.25, -0.2) is 0 Å². The molecule has 0 aliphatic carbocycles. The van der Waals surface area contributed by atoms with E-state index in [1.54, 1.807) is 0 Å². The van der Waals surface area contributed by atoms with E-state index in [9.17, 15) is 0 Å². The average molecular weight is 411 g/mol. The van der Waals surface area contributed by atoms with Crippen LogP contribution in [0.4, 0.5) is 11.4 Å². The Morgan fingerprint density at radius 3 is 2.11 bits per heavy atom. The van der Waals surface area contributed by atoms with Crippen molar-refractivity contribution in [3.63, 3.8) is 0 Å². The summed E-state index contributed by atoms with van der Waals surface area (Å²) in [5, 5.41) is 7.12. The van der Waals surface area contributed by atoms with Crippen molar-refractivity contribution in [2.45, 2.75) is 64.8 Å². The minimum absolute atomic E-state index is 0. The van der Waals surface area contributed by atoms with Gasteiger partial charge in [0.25, 0.3) is 0 Å². The molecule has 0 saturated carbocycles. The molecule has 0 saturated heterocycles. The van der Waals surface area contributed by atoms with Gasteiger partial charge >= 0.3 is 0 Å². The van der Waals surface area contributed by atoms with Gasteiger partial charge < -0.3 is 10.6 Å². The Kier molecular flexibility index (Phi) is 14.9. The Morgan fingerprint density at radius 2 is 1.44 bits per heavy atom. The van der Waals surface area contributed by atoms with Gasteiger partial charge in [0.2, 0.25) is 0 Å². The SMILES string of the molecule is CCCCCCC(C)Nc1ccc(NCCCc2ccccc2)cc1.Cl.Cl. The lowest BCUT2D eigenvalue weighted by Crippen LogP contribution is -2.14. The molecule has 2 rings (SSSR count). The molecular formula is C23H36Cl2N2. The molecule has 0 radical (unpaired) electrons. The minimum atomic E-state index is 0. The van der Waals surface area contributed by atoms with E-state index in [1.165, 1.54) is 49.0 Å². The van der Waals surface area contributed by atoms with E-state index >= 15 is 0 Å². The monoisotopic (exact) mass is 410 g/mol. The molecule has 2 N–H and O–H groups in total. The van der Waals surface area contributed by atoms with Crippen molar-refractivity contribution in [1.82, 2.24) is 0 Å². The van der Waals surface area contributed by atoms with Crippen molar-refractivity contribution in [1.29, 1.82) is 0 Å². The number of hydrogen-bond acceptors (Lipinski definition) is 2. The predicted molar refractivity (Wildman–Crippen MR) is 126 cm³/mol. The van der Waals surface area contributed by atoms with Crippen LogP contribution < -0.4 is 10.6 Å². The van der Waals surface area contributed by atoms with Gasteiger partial charge in [0.1, 0.15) is 0 Å². The molecule has 0 aromatic heterocycles. The zero-order valence-electron chi connectivity index (χ0n) is 16.7. The maximum atomic E-state index is 3.61. The first-order valence-electron chi connectivity index (χ1n) is 9.92. The summed E-state index contributed by atoms with van der Waals surface area (Å²) in [6.07, 6.45) is 8.87. The largest absolute Gasteiger partial charge is 0.385 e. The summed E-state index contributed by atoms with van der Waals surface area (Å²) in [6.45, 7) is 5.55. The van der Waals surface area contributed by atoms with E-state index in [2.05, 4.69) is 79.1 Å². The summed E-state index contributed by atoms with van der Waals surface area (Å²) in [5.74, 6) is 0. The lowest BCUT2D eigenvalue weighted by Gasteiger charge is -2.15. The summed E-state index contributed by atoms with van der Waals surface area (Å²) < 4.78 is 0. The second-order valence-electron chi connectivity index (χ2n) is 6.99. The smallest absolute Gasteiger partial charge is 0.0343 e. The normalized spacial score (nSPS) is 11.0. The third-order valence-corrected chi connectivity index (χ3v) is 4.60. The Hall–Kier alpha value is -1.38. The highest BCUT2D eigenvalue weighted by atomic mass is 35.5. The predicted octanol–water partition coefficient (Wildman–Crippen LogP) is 7.35. The van der Waals surface area contributed by atoms with E-state index in [4.69, 9.17) is 0 Å². The van der Waals surface area contributed by atoms with E-state index in [0.29, 0.717) is 6.04 Å². The van der Waals surface area contributed by atoms with Crippen LogP contribution in [0.3, 0.4) is 0 Å². The van der Waals surface area contributed by atoms with Gasteiger partial charge in [-0.1, -0.05) is 62.9 Å². The zero-order chi connectivity index (χ0) is 17.7. The summed E-state index contributed by atoms with van der Waals surface area (Å²) in [5.41, 5.74) is 3.84. The van der Waals surface area contributed by atoms with Crippen LogP contribution in [0.15, 0.2) is 54.6 Å². The van der Waals surface area contributed by atoms with E-state index in [-0.39, 0.29) is 24.8 Å². The molecule has 4 heteroatoms. The number of hydrogen-bond donors (Lipinski definition) is 2. The van der Waals surface area contributed by atoms with Gasteiger partial charge in [-0.05, 0) is 56.0 Å². The van der Waals surface area contributed by atoms with Crippen molar-refractivity contribution >= 4 is 36.2 Å². The number of unbranched alkanes of at least 4 members (excludes halogenated alkanes) is 3. The molecule has 0 spiro atoms. The highest BCUT2D eigenvalue weighted by Gasteiger charge is 2.02. The number of aryl methyl sites for hydroxylation is 1. The summed E-state index contributed by atoms with van der Waals surface area (Å²) in [7, 11) is 0. The van der Waals surface area contributed by atoms with E-state index in [1.807, 2.05) is 0 Å². The van der Waals surface area contributed by atoms with Crippen LogP contribution in [0.2, 0.25) is 0 Å². The highest BCUT2D eigenvalue weighted by molar-refractivity contribution is 5.85. The third kappa shape index (κ3) is 11.1. The summed E-state index contributed by atoms with van der Waals surface area (Å²) >= 11 is 0. The van der Waals surface area contributed by atoms with E-state index in [0.717, 1.165) is 19.4 Å². The molecule has 1 atom stereocenters. The van der Waals surface area contributed by atoms with E-state index < -0.39 is 0 Å². The molecule has 0 bridgehead atoms. The molecule has 0 aliphatic heterocycles. The zero-order valence-corrected chi connectivity index (χ0v) is 18.4. The van der Waals surface area contributed by atoms with Crippen LogP contribution in [0.25, 0.3) is 0 Å². The number of anilines is 2. The first kappa shape index (κ1) is 25.6. The summed E-state index contributed by atoms with van der Waals surface area (Å²) in [6, 6.07) is 19.9. The molecule has 2 aromatic carbocycles. The van der Waals surface area contributed by atoms with Gasteiger partial charge in [0.05, 0.1) is 0 Å². The van der Waals surface area contributed by atoms with Crippen molar-refractivity contribution in [2.24, 2.45) is 0 Å². The maximum absolute atomic E-state index is 3.61. The fourth-order valence-electron chi connectivity index (χ4n) is 3.09.